The molecule has 0 atom stereocenters. The first kappa shape index (κ1) is 19.1. The third kappa shape index (κ3) is 4.33. The van der Waals surface area contributed by atoms with Gasteiger partial charge in [-0.05, 0) is 75.2 Å². The molecule has 1 aliphatic rings. The summed E-state index contributed by atoms with van der Waals surface area (Å²) in [6, 6.07) is 16.1. The Hall–Kier alpha value is -3.93. The smallest absolute Gasteiger partial charge is 0.226 e. The fraction of sp³-hybridized carbons (Fsp3) is 0.160. The molecule has 0 unspecified atom stereocenters. The van der Waals surface area contributed by atoms with Gasteiger partial charge in [0, 0.05) is 58.2 Å². The minimum absolute atomic E-state index is 0.647. The maximum atomic E-state index is 6.09. The molecule has 2 N–H and O–H groups in total. The molecule has 0 saturated heterocycles. The Morgan fingerprint density at radius 2 is 1.45 bits per heavy atom. The molecule has 3 heterocycles. The molecule has 0 aliphatic heterocycles. The summed E-state index contributed by atoms with van der Waals surface area (Å²) in [5.41, 5.74) is 8.10. The van der Waals surface area contributed by atoms with E-state index >= 15 is 0 Å². The van der Waals surface area contributed by atoms with Crippen LogP contribution in [0.3, 0.4) is 0 Å². The zero-order valence-electron chi connectivity index (χ0n) is 17.5. The third-order valence-electron chi connectivity index (χ3n) is 5.18. The number of rotatable bonds is 5. The molecule has 0 radical (unpaired) electrons. The van der Waals surface area contributed by atoms with Crippen molar-refractivity contribution in [2.75, 3.05) is 10.6 Å². The predicted molar refractivity (Wildman–Crippen MR) is 123 cm³/mol. The van der Waals surface area contributed by atoms with Crippen LogP contribution in [0.5, 0.6) is 0 Å². The van der Waals surface area contributed by atoms with Gasteiger partial charge in [0.25, 0.3) is 0 Å². The lowest BCUT2D eigenvalue weighted by atomic mass is 10.1. The van der Waals surface area contributed by atoms with Crippen molar-refractivity contribution in [2.24, 2.45) is 0 Å². The van der Waals surface area contributed by atoms with Gasteiger partial charge in [-0.1, -0.05) is 0 Å². The van der Waals surface area contributed by atoms with Gasteiger partial charge < -0.3 is 15.1 Å². The fourth-order valence-corrected chi connectivity index (χ4v) is 3.66. The molecule has 0 amide bonds. The number of fused-ring (bicyclic) bond motifs is 1. The highest BCUT2D eigenvalue weighted by Gasteiger charge is 2.18. The van der Waals surface area contributed by atoms with Crippen LogP contribution in [0.4, 0.5) is 17.1 Å². The first-order valence-corrected chi connectivity index (χ1v) is 10.3. The van der Waals surface area contributed by atoms with Crippen molar-refractivity contribution >= 4 is 23.1 Å². The van der Waals surface area contributed by atoms with E-state index in [4.69, 9.17) is 9.40 Å². The first-order valence-electron chi connectivity index (χ1n) is 10.3. The van der Waals surface area contributed by atoms with E-state index in [2.05, 4.69) is 20.6 Å². The zero-order chi connectivity index (χ0) is 21.2. The van der Waals surface area contributed by atoms with Gasteiger partial charge >= 0.3 is 0 Å². The van der Waals surface area contributed by atoms with Crippen molar-refractivity contribution < 1.29 is 4.42 Å². The minimum atomic E-state index is 0.647. The second-order valence-corrected chi connectivity index (χ2v) is 7.70. The van der Waals surface area contributed by atoms with Gasteiger partial charge in [0.05, 0.1) is 5.69 Å². The topological polar surface area (TPSA) is 75.9 Å². The molecule has 4 aromatic rings. The molecule has 6 heteroatoms. The summed E-state index contributed by atoms with van der Waals surface area (Å²) < 4.78 is 6.09. The van der Waals surface area contributed by atoms with E-state index in [0.29, 0.717) is 5.89 Å². The normalized spacial score (nSPS) is 12.8. The Kier molecular flexibility index (Phi) is 4.96. The van der Waals surface area contributed by atoms with Crippen LogP contribution in [0.1, 0.15) is 29.3 Å². The molecule has 1 aliphatic carbocycles. The number of nitrogens with one attached hydrogen (secondary N) is 2. The highest BCUT2D eigenvalue weighted by molar-refractivity contribution is 5.66. The van der Waals surface area contributed by atoms with E-state index in [-0.39, 0.29) is 0 Å². The summed E-state index contributed by atoms with van der Waals surface area (Å²) in [6.45, 7) is 3.96. The van der Waals surface area contributed by atoms with Crippen LogP contribution in [0.2, 0.25) is 0 Å². The van der Waals surface area contributed by atoms with Crippen molar-refractivity contribution in [1.82, 2.24) is 15.0 Å². The van der Waals surface area contributed by atoms with Crippen LogP contribution in [-0.2, 0) is 6.42 Å². The second-order valence-electron chi connectivity index (χ2n) is 7.70. The summed E-state index contributed by atoms with van der Waals surface area (Å²) in [5.74, 6) is 1.47. The van der Waals surface area contributed by atoms with Gasteiger partial charge in [0.2, 0.25) is 5.89 Å². The number of benzene rings is 1. The number of nitrogens with zero attached hydrogens (tertiary/aromatic N) is 3. The molecular weight excluding hydrogens is 386 g/mol. The van der Waals surface area contributed by atoms with Crippen LogP contribution < -0.4 is 10.6 Å². The number of pyridine rings is 2. The number of hydrogen-bond acceptors (Lipinski definition) is 6. The Labute approximate surface area is 181 Å². The number of aromatic nitrogens is 3. The third-order valence-corrected chi connectivity index (χ3v) is 5.18. The summed E-state index contributed by atoms with van der Waals surface area (Å²) in [7, 11) is 0. The largest absolute Gasteiger partial charge is 0.436 e. The van der Waals surface area contributed by atoms with E-state index in [0.717, 1.165) is 64.0 Å². The molecule has 31 heavy (non-hydrogen) atoms. The van der Waals surface area contributed by atoms with Gasteiger partial charge in [-0.15, -0.1) is 0 Å². The lowest BCUT2D eigenvalue weighted by Crippen LogP contribution is -2.06. The summed E-state index contributed by atoms with van der Waals surface area (Å²) in [5, 5.41) is 6.86. The van der Waals surface area contributed by atoms with Crippen molar-refractivity contribution in [1.29, 1.82) is 0 Å². The fourth-order valence-electron chi connectivity index (χ4n) is 3.66. The van der Waals surface area contributed by atoms with Crippen LogP contribution in [0, 0.1) is 13.8 Å². The van der Waals surface area contributed by atoms with E-state index < -0.39 is 0 Å². The second kappa shape index (κ2) is 8.07. The van der Waals surface area contributed by atoms with Crippen LogP contribution in [0.15, 0.2) is 71.0 Å². The maximum Gasteiger partial charge on any atom is 0.226 e. The molecule has 0 spiro atoms. The van der Waals surface area contributed by atoms with Crippen molar-refractivity contribution in [3.8, 4) is 11.5 Å². The molecule has 154 valence electrons. The Bertz CT molecular complexity index is 1260. The number of oxazole rings is 1. The predicted octanol–water partition coefficient (Wildman–Crippen LogP) is 5.89. The molecule has 1 aromatic carbocycles. The van der Waals surface area contributed by atoms with E-state index in [1.807, 2.05) is 74.7 Å². The monoisotopic (exact) mass is 409 g/mol. The summed E-state index contributed by atoms with van der Waals surface area (Å²) >= 11 is 0. The van der Waals surface area contributed by atoms with Gasteiger partial charge in [-0.25, -0.2) is 4.98 Å². The summed E-state index contributed by atoms with van der Waals surface area (Å²) in [6.07, 6.45) is 7.41. The number of allylic oxidation sites excluding steroid dienone is 1. The maximum absolute atomic E-state index is 6.09. The SMILES string of the molecule is Cc1cc(NC2=Cc3oc(-c4ccc(Nc5ccnc(C)c5)cc4)nc3CC2)ccn1. The Morgan fingerprint density at radius 3 is 2.13 bits per heavy atom. The molecule has 0 fully saturated rings. The quantitative estimate of drug-likeness (QED) is 0.428. The zero-order valence-corrected chi connectivity index (χ0v) is 17.5. The van der Waals surface area contributed by atoms with Crippen LogP contribution >= 0.6 is 0 Å². The van der Waals surface area contributed by atoms with Crippen LogP contribution in [0.25, 0.3) is 17.5 Å². The van der Waals surface area contributed by atoms with Crippen molar-refractivity contribution in [3.63, 3.8) is 0 Å². The number of anilines is 3. The highest BCUT2D eigenvalue weighted by atomic mass is 16.4. The van der Waals surface area contributed by atoms with E-state index in [9.17, 15) is 0 Å². The molecule has 0 saturated carbocycles. The minimum Gasteiger partial charge on any atom is -0.436 e. The number of hydrogen-bond donors (Lipinski definition) is 2. The van der Waals surface area contributed by atoms with Gasteiger partial charge in [-0.2, -0.15) is 0 Å². The Morgan fingerprint density at radius 1 is 0.774 bits per heavy atom. The standard InChI is InChI=1S/C25H23N5O/c1-16-13-21(9-11-26-16)28-19-5-3-18(4-6-19)25-30-23-8-7-20(15-24(23)31-25)29-22-10-12-27-17(2)14-22/h3-6,9-15H,7-8H2,1-2H3,(H,26,28)(H,27,29). The highest BCUT2D eigenvalue weighted by Crippen LogP contribution is 2.30. The van der Waals surface area contributed by atoms with E-state index in [1.165, 1.54) is 0 Å². The lowest BCUT2D eigenvalue weighted by molar-refractivity contribution is 0.559. The molecule has 0 bridgehead atoms. The number of aryl methyl sites for hydroxylation is 3. The summed E-state index contributed by atoms with van der Waals surface area (Å²) in [4.78, 5) is 13.2. The van der Waals surface area contributed by atoms with Crippen LogP contribution in [-0.4, -0.2) is 15.0 Å². The molecule has 3 aromatic heterocycles. The average Bonchev–Trinajstić information content (AvgIpc) is 3.18. The van der Waals surface area contributed by atoms with Gasteiger partial charge in [0.15, 0.2) is 5.76 Å². The molecular formula is C25H23N5O. The average molecular weight is 409 g/mol. The Balaban J connectivity index is 1.32. The first-order chi connectivity index (χ1) is 15.1. The molecule has 6 nitrogen and oxygen atoms in total. The van der Waals surface area contributed by atoms with E-state index in [1.54, 1.807) is 6.20 Å². The van der Waals surface area contributed by atoms with Crippen molar-refractivity contribution in [2.45, 2.75) is 26.7 Å². The van der Waals surface area contributed by atoms with Gasteiger partial charge in [-0.3, -0.25) is 9.97 Å². The van der Waals surface area contributed by atoms with Gasteiger partial charge in [0.1, 0.15) is 0 Å². The molecule has 5 rings (SSSR count). The lowest BCUT2D eigenvalue weighted by Gasteiger charge is -2.14. The van der Waals surface area contributed by atoms with Crippen molar-refractivity contribution in [3.05, 3.63) is 89.5 Å².